The lowest BCUT2D eigenvalue weighted by molar-refractivity contribution is -0.138. The van der Waals surface area contributed by atoms with Crippen molar-refractivity contribution in [3.05, 3.63) is 28.8 Å². The number of aryl methyl sites for hydroxylation is 3. The first-order chi connectivity index (χ1) is 9.02. The number of hydrogen-bond acceptors (Lipinski definition) is 2. The Labute approximate surface area is 114 Å². The van der Waals surface area contributed by atoms with Gasteiger partial charge in [0.2, 0.25) is 0 Å². The topological polar surface area (TPSA) is 46.5 Å². The lowest BCUT2D eigenvalue weighted by Crippen LogP contribution is -2.03. The monoisotopic (exact) mass is 262 g/mol. The van der Waals surface area contributed by atoms with Crippen LogP contribution in [-0.2, 0) is 11.2 Å². The zero-order valence-corrected chi connectivity index (χ0v) is 11.9. The van der Waals surface area contributed by atoms with E-state index in [2.05, 4.69) is 26.0 Å². The summed E-state index contributed by atoms with van der Waals surface area (Å²) in [6.45, 7) is 6.81. The van der Waals surface area contributed by atoms with E-state index >= 15 is 0 Å². The molecule has 0 spiro atoms. The summed E-state index contributed by atoms with van der Waals surface area (Å²) in [7, 11) is 0. The zero-order chi connectivity index (χ0) is 14.0. The maximum absolute atomic E-state index is 10.8. The van der Waals surface area contributed by atoms with Crippen LogP contribution >= 0.6 is 0 Å². The molecule has 0 aromatic heterocycles. The molecule has 1 aromatic rings. The van der Waals surface area contributed by atoms with Crippen LogP contribution in [0, 0.1) is 25.7 Å². The number of rotatable bonds is 6. The summed E-state index contributed by atoms with van der Waals surface area (Å²) in [5, 5.41) is 8.92. The van der Waals surface area contributed by atoms with Gasteiger partial charge in [0, 0.05) is 0 Å². The smallest absolute Gasteiger partial charge is 0.306 e. The van der Waals surface area contributed by atoms with Crippen molar-refractivity contribution < 1.29 is 14.6 Å². The summed E-state index contributed by atoms with van der Waals surface area (Å²) >= 11 is 0. The van der Waals surface area contributed by atoms with E-state index in [0.717, 1.165) is 25.0 Å². The van der Waals surface area contributed by atoms with Gasteiger partial charge >= 0.3 is 5.97 Å². The van der Waals surface area contributed by atoms with Crippen LogP contribution in [0.5, 0.6) is 5.75 Å². The van der Waals surface area contributed by atoms with E-state index in [4.69, 9.17) is 9.84 Å². The molecule has 0 bridgehead atoms. The van der Waals surface area contributed by atoms with Gasteiger partial charge in [-0.1, -0.05) is 17.7 Å². The van der Waals surface area contributed by atoms with Gasteiger partial charge < -0.3 is 9.84 Å². The van der Waals surface area contributed by atoms with Crippen molar-refractivity contribution in [3.8, 4) is 5.75 Å². The molecule has 1 aliphatic rings. The summed E-state index contributed by atoms with van der Waals surface area (Å²) in [6.07, 6.45) is 2.69. The first kappa shape index (κ1) is 13.9. The quantitative estimate of drug-likeness (QED) is 0.855. The molecule has 0 saturated heterocycles. The second kappa shape index (κ2) is 5.64. The minimum absolute atomic E-state index is 0.110. The minimum Gasteiger partial charge on any atom is -0.493 e. The molecule has 3 nitrogen and oxygen atoms in total. The first-order valence-electron chi connectivity index (χ1n) is 6.98. The number of ether oxygens (including phenoxy) is 1. The Morgan fingerprint density at radius 3 is 2.74 bits per heavy atom. The van der Waals surface area contributed by atoms with Crippen molar-refractivity contribution in [2.45, 2.75) is 40.0 Å². The summed E-state index contributed by atoms with van der Waals surface area (Å²) in [5.41, 5.74) is 3.62. The second-order valence-electron chi connectivity index (χ2n) is 5.48. The predicted octanol–water partition coefficient (Wildman–Crippen LogP) is 3.36. The van der Waals surface area contributed by atoms with Crippen LogP contribution in [0.25, 0.3) is 0 Å². The second-order valence-corrected chi connectivity index (χ2v) is 5.48. The number of benzene rings is 1. The molecule has 104 valence electrons. The fourth-order valence-electron chi connectivity index (χ4n) is 2.79. The van der Waals surface area contributed by atoms with Crippen molar-refractivity contribution >= 4 is 5.97 Å². The average molecular weight is 262 g/mol. The Bertz CT molecular complexity index is 479. The van der Waals surface area contributed by atoms with E-state index in [0.29, 0.717) is 12.5 Å². The van der Waals surface area contributed by atoms with Crippen LogP contribution in [0.2, 0.25) is 0 Å². The molecule has 0 aliphatic heterocycles. The molecule has 1 fully saturated rings. The molecule has 2 unspecified atom stereocenters. The molecule has 19 heavy (non-hydrogen) atoms. The predicted molar refractivity (Wildman–Crippen MR) is 74.6 cm³/mol. The van der Waals surface area contributed by atoms with E-state index in [1.165, 1.54) is 16.7 Å². The standard InChI is InChI=1S/C16H22O3/c1-4-19-15-11(3)7-10(2)8-13(15)6-5-12-9-14(12)16(17)18/h7-8,12,14H,4-6,9H2,1-3H3,(H,17,18). The van der Waals surface area contributed by atoms with Crippen LogP contribution in [0.4, 0.5) is 0 Å². The van der Waals surface area contributed by atoms with Gasteiger partial charge in [0.25, 0.3) is 0 Å². The highest BCUT2D eigenvalue weighted by atomic mass is 16.5. The molecule has 3 heteroatoms. The van der Waals surface area contributed by atoms with E-state index < -0.39 is 5.97 Å². The highest BCUT2D eigenvalue weighted by molar-refractivity contribution is 5.73. The van der Waals surface area contributed by atoms with Gasteiger partial charge in [-0.3, -0.25) is 4.79 Å². The molecule has 0 heterocycles. The van der Waals surface area contributed by atoms with E-state index in [-0.39, 0.29) is 5.92 Å². The normalized spacial score (nSPS) is 21.2. The van der Waals surface area contributed by atoms with Crippen molar-refractivity contribution in [2.75, 3.05) is 6.61 Å². The lowest BCUT2D eigenvalue weighted by Gasteiger charge is -2.14. The Kier molecular flexibility index (Phi) is 4.13. The van der Waals surface area contributed by atoms with E-state index in [1.807, 2.05) is 6.92 Å². The Morgan fingerprint density at radius 1 is 1.42 bits per heavy atom. The summed E-state index contributed by atoms with van der Waals surface area (Å²) in [6, 6.07) is 4.29. The van der Waals surface area contributed by atoms with Gasteiger partial charge in [-0.25, -0.2) is 0 Å². The largest absolute Gasteiger partial charge is 0.493 e. The third kappa shape index (κ3) is 3.28. The Balaban J connectivity index is 2.05. The lowest BCUT2D eigenvalue weighted by atomic mass is 10.00. The minimum atomic E-state index is -0.643. The van der Waals surface area contributed by atoms with Gasteiger partial charge in [0.1, 0.15) is 5.75 Å². The highest BCUT2D eigenvalue weighted by Crippen LogP contribution is 2.42. The maximum Gasteiger partial charge on any atom is 0.306 e. The number of carbonyl (C=O) groups is 1. The summed E-state index contributed by atoms with van der Waals surface area (Å²) < 4.78 is 5.73. The molecule has 1 N–H and O–H groups in total. The van der Waals surface area contributed by atoms with Crippen LogP contribution in [0.3, 0.4) is 0 Å². The molecule has 0 radical (unpaired) electrons. The fraction of sp³-hybridized carbons (Fsp3) is 0.562. The SMILES string of the molecule is CCOc1c(C)cc(C)cc1CCC1CC1C(=O)O. The molecular weight excluding hydrogens is 240 g/mol. The number of aliphatic carboxylic acids is 1. The zero-order valence-electron chi connectivity index (χ0n) is 11.9. The van der Waals surface area contributed by atoms with Crippen molar-refractivity contribution in [2.24, 2.45) is 11.8 Å². The number of carboxylic acid groups (broad SMARTS) is 1. The molecular formula is C16H22O3. The van der Waals surface area contributed by atoms with Gasteiger partial charge in [-0.05, 0) is 57.1 Å². The summed E-state index contributed by atoms with van der Waals surface area (Å²) in [5.74, 6) is 0.588. The fourth-order valence-corrected chi connectivity index (χ4v) is 2.79. The van der Waals surface area contributed by atoms with Crippen LogP contribution in [-0.4, -0.2) is 17.7 Å². The van der Waals surface area contributed by atoms with E-state index in [9.17, 15) is 4.79 Å². The van der Waals surface area contributed by atoms with Gasteiger partial charge in [-0.2, -0.15) is 0 Å². The third-order valence-corrected chi connectivity index (χ3v) is 3.81. The van der Waals surface area contributed by atoms with Crippen molar-refractivity contribution in [1.29, 1.82) is 0 Å². The van der Waals surface area contributed by atoms with Gasteiger partial charge in [0.15, 0.2) is 0 Å². The molecule has 2 atom stereocenters. The van der Waals surface area contributed by atoms with Gasteiger partial charge in [0.05, 0.1) is 12.5 Å². The molecule has 1 aromatic carbocycles. The molecule has 1 aliphatic carbocycles. The van der Waals surface area contributed by atoms with E-state index in [1.54, 1.807) is 0 Å². The number of carboxylic acids is 1. The van der Waals surface area contributed by atoms with Crippen molar-refractivity contribution in [3.63, 3.8) is 0 Å². The first-order valence-corrected chi connectivity index (χ1v) is 6.98. The van der Waals surface area contributed by atoms with Crippen LogP contribution < -0.4 is 4.74 Å². The van der Waals surface area contributed by atoms with Gasteiger partial charge in [-0.15, -0.1) is 0 Å². The van der Waals surface area contributed by atoms with Crippen LogP contribution in [0.15, 0.2) is 12.1 Å². The van der Waals surface area contributed by atoms with Crippen LogP contribution in [0.1, 0.15) is 36.5 Å². The number of hydrogen-bond donors (Lipinski definition) is 1. The third-order valence-electron chi connectivity index (χ3n) is 3.81. The maximum atomic E-state index is 10.8. The molecule has 0 amide bonds. The Hall–Kier alpha value is -1.51. The Morgan fingerprint density at radius 2 is 2.16 bits per heavy atom. The summed E-state index contributed by atoms with van der Waals surface area (Å²) in [4.78, 5) is 10.8. The highest BCUT2D eigenvalue weighted by Gasteiger charge is 2.42. The molecule has 1 saturated carbocycles. The average Bonchev–Trinajstić information content (AvgIpc) is 3.10. The molecule has 2 rings (SSSR count). The van der Waals surface area contributed by atoms with Crippen molar-refractivity contribution in [1.82, 2.24) is 0 Å².